The highest BCUT2D eigenvalue weighted by Gasteiger charge is 2.15. The molecule has 2 rings (SSSR count). The molecule has 1 atom stereocenters. The van der Waals surface area contributed by atoms with E-state index < -0.39 is 0 Å². The molecule has 1 aromatic carbocycles. The number of hydrogen-bond donors (Lipinski definition) is 1. The molecule has 1 unspecified atom stereocenters. The lowest BCUT2D eigenvalue weighted by Crippen LogP contribution is -2.22. The Labute approximate surface area is 116 Å². The second kappa shape index (κ2) is 6.63. The van der Waals surface area contributed by atoms with Gasteiger partial charge in [0.2, 0.25) is 0 Å². The van der Waals surface area contributed by atoms with Crippen LogP contribution in [0, 0.1) is 5.82 Å². The monoisotopic (exact) mass is 280 g/mol. The molecule has 0 amide bonds. The standard InChI is InChI=1S/C14H17FN2OS/c1-10(16-7-6-11-8-19-9-17-11)14-12(15)4-3-5-13(14)18-2/h3-5,8-10,16H,6-7H2,1-2H3. The van der Waals surface area contributed by atoms with Crippen LogP contribution in [0.3, 0.4) is 0 Å². The van der Waals surface area contributed by atoms with Crippen molar-refractivity contribution in [1.29, 1.82) is 0 Å². The molecular formula is C14H17FN2OS. The Morgan fingerprint density at radius 1 is 1.47 bits per heavy atom. The van der Waals surface area contributed by atoms with E-state index in [1.807, 2.05) is 17.8 Å². The fourth-order valence-corrected chi connectivity index (χ4v) is 2.59. The lowest BCUT2D eigenvalue weighted by atomic mass is 10.1. The second-order valence-corrected chi connectivity index (χ2v) is 4.98. The number of thiazole rings is 1. The van der Waals surface area contributed by atoms with Crippen LogP contribution in [-0.4, -0.2) is 18.6 Å². The molecule has 0 fully saturated rings. The normalized spacial score (nSPS) is 12.4. The van der Waals surface area contributed by atoms with E-state index in [0.29, 0.717) is 11.3 Å². The van der Waals surface area contributed by atoms with Gasteiger partial charge in [-0.1, -0.05) is 6.07 Å². The average Bonchev–Trinajstić information content (AvgIpc) is 2.91. The van der Waals surface area contributed by atoms with Crippen LogP contribution in [0.25, 0.3) is 0 Å². The molecule has 1 aromatic heterocycles. The molecule has 1 heterocycles. The van der Waals surface area contributed by atoms with Crippen LogP contribution in [0.4, 0.5) is 4.39 Å². The molecule has 19 heavy (non-hydrogen) atoms. The van der Waals surface area contributed by atoms with Crippen molar-refractivity contribution in [3.05, 3.63) is 46.2 Å². The molecule has 2 aromatic rings. The third kappa shape index (κ3) is 3.52. The maximum absolute atomic E-state index is 13.9. The van der Waals surface area contributed by atoms with E-state index in [4.69, 9.17) is 4.74 Å². The van der Waals surface area contributed by atoms with Crippen molar-refractivity contribution in [2.75, 3.05) is 13.7 Å². The summed E-state index contributed by atoms with van der Waals surface area (Å²) in [7, 11) is 1.56. The van der Waals surface area contributed by atoms with Gasteiger partial charge >= 0.3 is 0 Å². The molecule has 0 bridgehead atoms. The highest BCUT2D eigenvalue weighted by molar-refractivity contribution is 7.07. The largest absolute Gasteiger partial charge is 0.496 e. The Hall–Kier alpha value is -1.46. The molecule has 102 valence electrons. The summed E-state index contributed by atoms with van der Waals surface area (Å²) in [6.07, 6.45) is 0.838. The molecule has 5 heteroatoms. The predicted molar refractivity (Wildman–Crippen MR) is 75.2 cm³/mol. The van der Waals surface area contributed by atoms with Gasteiger partial charge in [0.1, 0.15) is 11.6 Å². The minimum atomic E-state index is -0.243. The van der Waals surface area contributed by atoms with Gasteiger partial charge in [0.15, 0.2) is 0 Å². The summed E-state index contributed by atoms with van der Waals surface area (Å²) in [5, 5.41) is 5.32. The lowest BCUT2D eigenvalue weighted by Gasteiger charge is -2.17. The fraction of sp³-hybridized carbons (Fsp3) is 0.357. The van der Waals surface area contributed by atoms with Gasteiger partial charge in [0.25, 0.3) is 0 Å². The Balaban J connectivity index is 1.97. The summed E-state index contributed by atoms with van der Waals surface area (Å²) in [5.41, 5.74) is 3.45. The lowest BCUT2D eigenvalue weighted by molar-refractivity contribution is 0.394. The topological polar surface area (TPSA) is 34.1 Å². The fourth-order valence-electron chi connectivity index (χ4n) is 2.00. The van der Waals surface area contributed by atoms with E-state index in [1.54, 1.807) is 30.6 Å². The van der Waals surface area contributed by atoms with Gasteiger partial charge in [0, 0.05) is 30.0 Å². The van der Waals surface area contributed by atoms with E-state index in [0.717, 1.165) is 18.7 Å². The summed E-state index contributed by atoms with van der Waals surface area (Å²) < 4.78 is 19.1. The first-order valence-corrected chi connectivity index (χ1v) is 7.09. The number of benzene rings is 1. The Kier molecular flexibility index (Phi) is 4.87. The number of rotatable bonds is 6. The van der Waals surface area contributed by atoms with Crippen LogP contribution in [-0.2, 0) is 6.42 Å². The molecule has 3 nitrogen and oxygen atoms in total. The van der Waals surface area contributed by atoms with Crippen LogP contribution in [0.5, 0.6) is 5.75 Å². The van der Waals surface area contributed by atoms with Crippen LogP contribution in [0.2, 0.25) is 0 Å². The number of methoxy groups -OCH3 is 1. The third-order valence-corrected chi connectivity index (χ3v) is 3.62. The quantitative estimate of drug-likeness (QED) is 0.882. The third-order valence-electron chi connectivity index (χ3n) is 2.98. The van der Waals surface area contributed by atoms with Crippen LogP contribution in [0.1, 0.15) is 24.2 Å². The SMILES string of the molecule is COc1cccc(F)c1C(C)NCCc1cscn1. The maximum Gasteiger partial charge on any atom is 0.131 e. The van der Waals surface area contributed by atoms with Gasteiger partial charge in [-0.15, -0.1) is 11.3 Å². The average molecular weight is 280 g/mol. The molecule has 0 aliphatic rings. The summed E-state index contributed by atoms with van der Waals surface area (Å²) >= 11 is 1.58. The van der Waals surface area contributed by atoms with Gasteiger partial charge in [0.05, 0.1) is 18.3 Å². The Bertz CT molecular complexity index is 516. The first-order chi connectivity index (χ1) is 9.22. The zero-order valence-electron chi connectivity index (χ0n) is 11.0. The smallest absolute Gasteiger partial charge is 0.131 e. The van der Waals surface area contributed by atoms with Crippen molar-refractivity contribution in [2.24, 2.45) is 0 Å². The number of ether oxygens (including phenoxy) is 1. The number of aromatic nitrogens is 1. The van der Waals surface area contributed by atoms with E-state index >= 15 is 0 Å². The highest BCUT2D eigenvalue weighted by Crippen LogP contribution is 2.27. The van der Waals surface area contributed by atoms with Gasteiger partial charge in [-0.3, -0.25) is 0 Å². The minimum Gasteiger partial charge on any atom is -0.496 e. The van der Waals surface area contributed by atoms with E-state index in [-0.39, 0.29) is 11.9 Å². The zero-order valence-corrected chi connectivity index (χ0v) is 11.8. The first kappa shape index (κ1) is 14.0. The minimum absolute atomic E-state index is 0.102. The van der Waals surface area contributed by atoms with Gasteiger partial charge in [-0.2, -0.15) is 0 Å². The predicted octanol–water partition coefficient (Wildman–Crippen LogP) is 3.18. The van der Waals surface area contributed by atoms with Crippen molar-refractivity contribution >= 4 is 11.3 Å². The van der Waals surface area contributed by atoms with E-state index in [2.05, 4.69) is 10.3 Å². The maximum atomic E-state index is 13.9. The van der Waals surface area contributed by atoms with E-state index in [9.17, 15) is 4.39 Å². The molecule has 0 aliphatic carbocycles. The molecule has 1 N–H and O–H groups in total. The van der Waals surface area contributed by atoms with Crippen LogP contribution < -0.4 is 10.1 Å². The molecule has 0 radical (unpaired) electrons. The Morgan fingerprint density at radius 3 is 3.00 bits per heavy atom. The van der Waals surface area contributed by atoms with Crippen molar-refractivity contribution in [1.82, 2.24) is 10.3 Å². The molecule has 0 saturated heterocycles. The van der Waals surface area contributed by atoms with Crippen LogP contribution >= 0.6 is 11.3 Å². The molecule has 0 spiro atoms. The summed E-state index contributed by atoms with van der Waals surface area (Å²) in [4.78, 5) is 4.22. The number of hydrogen-bond acceptors (Lipinski definition) is 4. The van der Waals surface area contributed by atoms with Crippen molar-refractivity contribution in [3.8, 4) is 5.75 Å². The number of nitrogens with one attached hydrogen (secondary N) is 1. The Morgan fingerprint density at radius 2 is 2.32 bits per heavy atom. The van der Waals surface area contributed by atoms with Gasteiger partial charge in [-0.05, 0) is 19.1 Å². The molecular weight excluding hydrogens is 263 g/mol. The second-order valence-electron chi connectivity index (χ2n) is 4.26. The summed E-state index contributed by atoms with van der Waals surface area (Å²) in [6, 6.07) is 4.78. The van der Waals surface area contributed by atoms with Crippen LogP contribution in [0.15, 0.2) is 29.1 Å². The molecule has 0 aliphatic heterocycles. The summed E-state index contributed by atoms with van der Waals surface area (Å²) in [5.74, 6) is 0.335. The number of halogens is 1. The highest BCUT2D eigenvalue weighted by atomic mass is 32.1. The van der Waals surface area contributed by atoms with Crippen molar-refractivity contribution in [2.45, 2.75) is 19.4 Å². The number of nitrogens with zero attached hydrogens (tertiary/aromatic N) is 1. The van der Waals surface area contributed by atoms with Gasteiger partial charge < -0.3 is 10.1 Å². The van der Waals surface area contributed by atoms with Gasteiger partial charge in [-0.25, -0.2) is 9.37 Å². The molecule has 0 saturated carbocycles. The van der Waals surface area contributed by atoms with Crippen molar-refractivity contribution < 1.29 is 9.13 Å². The first-order valence-electron chi connectivity index (χ1n) is 6.15. The summed E-state index contributed by atoms with van der Waals surface area (Å²) in [6.45, 7) is 2.68. The van der Waals surface area contributed by atoms with E-state index in [1.165, 1.54) is 6.07 Å². The zero-order chi connectivity index (χ0) is 13.7. The van der Waals surface area contributed by atoms with Crippen molar-refractivity contribution in [3.63, 3.8) is 0 Å².